The largest absolute Gasteiger partial charge is 0.360 e. The predicted octanol–water partition coefficient (Wildman–Crippen LogP) is 2.98. The van der Waals surface area contributed by atoms with Crippen LogP contribution in [0.15, 0.2) is 16.8 Å². The Morgan fingerprint density at radius 1 is 1.40 bits per heavy atom. The van der Waals surface area contributed by atoms with Crippen LogP contribution in [0, 0.1) is 5.92 Å². The van der Waals surface area contributed by atoms with Gasteiger partial charge in [-0.05, 0) is 18.8 Å². The van der Waals surface area contributed by atoms with Gasteiger partial charge in [0, 0.05) is 12.1 Å². The number of hydrogen-bond acceptors (Lipinski definition) is 3. The smallest absolute Gasteiger partial charge is 0.150 e. The Kier molecular flexibility index (Phi) is 5.40. The van der Waals surface area contributed by atoms with Crippen LogP contribution >= 0.6 is 0 Å². The second kappa shape index (κ2) is 6.62. The highest BCUT2D eigenvalue weighted by molar-refractivity contribution is 4.92. The summed E-state index contributed by atoms with van der Waals surface area (Å²) in [6, 6.07) is 2.49. The van der Waals surface area contributed by atoms with Crippen molar-refractivity contribution in [3.05, 3.63) is 18.0 Å². The first kappa shape index (κ1) is 12.2. The summed E-state index contributed by atoms with van der Waals surface area (Å²) in [5.41, 5.74) is 0. The van der Waals surface area contributed by atoms with Gasteiger partial charge >= 0.3 is 0 Å². The summed E-state index contributed by atoms with van der Waals surface area (Å²) < 4.78 is 5.05. The summed E-state index contributed by atoms with van der Waals surface area (Å²) in [6.45, 7) is 7.56. The Morgan fingerprint density at radius 3 is 2.73 bits per heavy atom. The molecule has 0 bridgehead atoms. The number of hydrogen-bond donors (Lipinski definition) is 1. The Balaban J connectivity index is 2.27. The molecule has 0 saturated heterocycles. The lowest BCUT2D eigenvalue weighted by Crippen LogP contribution is -2.29. The van der Waals surface area contributed by atoms with Crippen LogP contribution in [-0.4, -0.2) is 11.2 Å². The van der Waals surface area contributed by atoms with Crippen molar-refractivity contribution in [3.8, 4) is 0 Å². The Hall–Kier alpha value is -0.830. The molecule has 86 valence electrons. The molecular formula is C12H22N2O. The molecule has 1 aromatic rings. The van der Waals surface area contributed by atoms with E-state index in [4.69, 9.17) is 4.52 Å². The molecule has 15 heavy (non-hydrogen) atoms. The van der Waals surface area contributed by atoms with Crippen molar-refractivity contribution in [3.63, 3.8) is 0 Å². The van der Waals surface area contributed by atoms with E-state index in [1.165, 1.54) is 19.3 Å². The van der Waals surface area contributed by atoms with E-state index in [0.29, 0.717) is 6.04 Å². The zero-order valence-corrected chi connectivity index (χ0v) is 9.99. The van der Waals surface area contributed by atoms with Crippen molar-refractivity contribution in [2.24, 2.45) is 5.92 Å². The summed E-state index contributed by atoms with van der Waals surface area (Å²) in [5, 5.41) is 7.19. The van der Waals surface area contributed by atoms with E-state index < -0.39 is 0 Å². The Morgan fingerprint density at radius 2 is 2.20 bits per heavy atom. The summed E-state index contributed by atoms with van der Waals surface area (Å²) in [4.78, 5) is 0. The van der Waals surface area contributed by atoms with E-state index in [0.717, 1.165) is 18.2 Å². The van der Waals surface area contributed by atoms with Gasteiger partial charge in [0.05, 0.1) is 12.7 Å². The average molecular weight is 210 g/mol. The molecule has 1 heterocycles. The van der Waals surface area contributed by atoms with Gasteiger partial charge in [-0.2, -0.15) is 0 Å². The fraction of sp³-hybridized carbons (Fsp3) is 0.750. The lowest BCUT2D eigenvalue weighted by molar-refractivity contribution is 0.338. The fourth-order valence-electron chi connectivity index (χ4n) is 1.62. The maximum absolute atomic E-state index is 5.05. The van der Waals surface area contributed by atoms with Crippen molar-refractivity contribution in [1.82, 2.24) is 10.5 Å². The third-order valence-corrected chi connectivity index (χ3v) is 2.93. The second-order valence-corrected chi connectivity index (χ2v) is 4.21. The average Bonchev–Trinajstić information content (AvgIpc) is 2.76. The lowest BCUT2D eigenvalue weighted by Gasteiger charge is -2.19. The standard InChI is InChI=1S/C12H22N2O/c1-4-10(3)8-11(5-2)13-9-12-6-7-14-15-12/h6-7,10-11,13H,4-5,8-9H2,1-3H3. The number of rotatable bonds is 7. The fourth-order valence-corrected chi connectivity index (χ4v) is 1.62. The van der Waals surface area contributed by atoms with Gasteiger partial charge in [-0.1, -0.05) is 32.3 Å². The molecule has 0 aliphatic rings. The van der Waals surface area contributed by atoms with Crippen LogP contribution in [0.3, 0.4) is 0 Å². The monoisotopic (exact) mass is 210 g/mol. The SMILES string of the molecule is CCC(C)CC(CC)NCc1ccno1. The molecule has 2 atom stereocenters. The topological polar surface area (TPSA) is 38.1 Å². The lowest BCUT2D eigenvalue weighted by atomic mass is 9.98. The summed E-state index contributed by atoms with van der Waals surface area (Å²) in [6.07, 6.45) is 5.34. The van der Waals surface area contributed by atoms with Crippen LogP contribution in [0.1, 0.15) is 45.8 Å². The molecule has 0 aliphatic heterocycles. The predicted molar refractivity (Wildman–Crippen MR) is 61.5 cm³/mol. The van der Waals surface area contributed by atoms with E-state index in [-0.39, 0.29) is 0 Å². The van der Waals surface area contributed by atoms with Crippen molar-refractivity contribution < 1.29 is 4.52 Å². The van der Waals surface area contributed by atoms with Crippen molar-refractivity contribution in [2.75, 3.05) is 0 Å². The van der Waals surface area contributed by atoms with Gasteiger partial charge in [0.2, 0.25) is 0 Å². The zero-order valence-electron chi connectivity index (χ0n) is 9.99. The Labute approximate surface area is 92.2 Å². The molecule has 2 unspecified atom stereocenters. The number of nitrogens with zero attached hydrogens (tertiary/aromatic N) is 1. The van der Waals surface area contributed by atoms with Gasteiger partial charge in [0.1, 0.15) is 5.76 Å². The van der Waals surface area contributed by atoms with Gasteiger partial charge in [0.15, 0.2) is 0 Å². The van der Waals surface area contributed by atoms with E-state index in [1.807, 2.05) is 6.07 Å². The van der Waals surface area contributed by atoms with Gasteiger partial charge in [-0.15, -0.1) is 0 Å². The highest BCUT2D eigenvalue weighted by Gasteiger charge is 2.10. The van der Waals surface area contributed by atoms with E-state index in [1.54, 1.807) is 6.20 Å². The van der Waals surface area contributed by atoms with Crippen molar-refractivity contribution >= 4 is 0 Å². The molecule has 0 saturated carbocycles. The van der Waals surface area contributed by atoms with E-state index in [2.05, 4.69) is 31.2 Å². The molecule has 0 spiro atoms. The quantitative estimate of drug-likeness (QED) is 0.752. The molecule has 1 aromatic heterocycles. The molecule has 0 aromatic carbocycles. The third kappa shape index (κ3) is 4.47. The first-order chi connectivity index (χ1) is 7.26. The molecule has 1 rings (SSSR count). The van der Waals surface area contributed by atoms with E-state index >= 15 is 0 Å². The highest BCUT2D eigenvalue weighted by atomic mass is 16.5. The molecule has 0 radical (unpaired) electrons. The minimum Gasteiger partial charge on any atom is -0.360 e. The molecule has 0 amide bonds. The molecule has 0 fully saturated rings. The van der Waals surface area contributed by atoms with Crippen LogP contribution in [0.4, 0.5) is 0 Å². The molecule has 0 aliphatic carbocycles. The maximum Gasteiger partial charge on any atom is 0.150 e. The van der Waals surface area contributed by atoms with Crippen LogP contribution in [-0.2, 0) is 6.54 Å². The van der Waals surface area contributed by atoms with Crippen molar-refractivity contribution in [2.45, 2.75) is 52.6 Å². The molecule has 3 heteroatoms. The van der Waals surface area contributed by atoms with Gasteiger partial charge in [-0.25, -0.2) is 0 Å². The minimum absolute atomic E-state index is 0.588. The summed E-state index contributed by atoms with van der Waals surface area (Å²) in [7, 11) is 0. The van der Waals surface area contributed by atoms with Gasteiger partial charge in [0.25, 0.3) is 0 Å². The highest BCUT2D eigenvalue weighted by Crippen LogP contribution is 2.12. The third-order valence-electron chi connectivity index (χ3n) is 2.93. The van der Waals surface area contributed by atoms with Gasteiger partial charge < -0.3 is 9.84 Å². The Bertz CT molecular complexity index is 246. The maximum atomic E-state index is 5.05. The number of nitrogens with one attached hydrogen (secondary N) is 1. The van der Waals surface area contributed by atoms with Crippen LogP contribution in [0.2, 0.25) is 0 Å². The van der Waals surface area contributed by atoms with Crippen molar-refractivity contribution in [1.29, 1.82) is 0 Å². The van der Waals surface area contributed by atoms with E-state index in [9.17, 15) is 0 Å². The van der Waals surface area contributed by atoms with Crippen LogP contribution in [0.25, 0.3) is 0 Å². The van der Waals surface area contributed by atoms with Crippen LogP contribution in [0.5, 0.6) is 0 Å². The van der Waals surface area contributed by atoms with Gasteiger partial charge in [-0.3, -0.25) is 0 Å². The molecule has 1 N–H and O–H groups in total. The molecule has 3 nitrogen and oxygen atoms in total. The minimum atomic E-state index is 0.588. The zero-order chi connectivity index (χ0) is 11.1. The summed E-state index contributed by atoms with van der Waals surface area (Å²) in [5.74, 6) is 1.70. The first-order valence-electron chi connectivity index (χ1n) is 5.89. The summed E-state index contributed by atoms with van der Waals surface area (Å²) >= 11 is 0. The normalized spacial score (nSPS) is 15.1. The molecular weight excluding hydrogens is 188 g/mol. The van der Waals surface area contributed by atoms with Crippen LogP contribution < -0.4 is 5.32 Å². The number of aromatic nitrogens is 1. The first-order valence-corrected chi connectivity index (χ1v) is 5.89. The second-order valence-electron chi connectivity index (χ2n) is 4.21.